The van der Waals surface area contributed by atoms with Crippen molar-refractivity contribution >= 4 is 21.4 Å². The van der Waals surface area contributed by atoms with Gasteiger partial charge >= 0.3 is 0 Å². The highest BCUT2D eigenvalue weighted by Gasteiger charge is 2.09. The zero-order valence-corrected chi connectivity index (χ0v) is 10.0. The Bertz CT molecular complexity index is 457. The number of benzene rings is 1. The molecule has 0 fully saturated rings. The largest absolute Gasteiger partial charge is 0.397 e. The Kier molecular flexibility index (Phi) is 4.14. The van der Waals surface area contributed by atoms with Gasteiger partial charge in [-0.25, -0.2) is 13.6 Å². The van der Waals surface area contributed by atoms with Crippen molar-refractivity contribution in [2.45, 2.75) is 24.7 Å². The summed E-state index contributed by atoms with van der Waals surface area (Å²) in [5.41, 5.74) is 6.85. The Morgan fingerprint density at radius 1 is 1.38 bits per heavy atom. The Morgan fingerprint density at radius 2 is 2.06 bits per heavy atom. The van der Waals surface area contributed by atoms with Crippen LogP contribution in [0.4, 0.5) is 11.4 Å². The van der Waals surface area contributed by atoms with Crippen molar-refractivity contribution in [3.63, 3.8) is 0 Å². The molecule has 16 heavy (non-hydrogen) atoms. The fourth-order valence-electron chi connectivity index (χ4n) is 1.28. The van der Waals surface area contributed by atoms with Crippen molar-refractivity contribution in [1.82, 2.24) is 0 Å². The van der Waals surface area contributed by atoms with Gasteiger partial charge in [0.05, 0.1) is 16.3 Å². The summed E-state index contributed by atoms with van der Waals surface area (Å²) in [5.74, 6) is 0. The van der Waals surface area contributed by atoms with Gasteiger partial charge in [0.25, 0.3) is 0 Å². The van der Waals surface area contributed by atoms with Gasteiger partial charge in [-0.15, -0.1) is 0 Å². The van der Waals surface area contributed by atoms with Crippen molar-refractivity contribution in [1.29, 1.82) is 0 Å². The monoisotopic (exact) mass is 243 g/mol. The highest BCUT2D eigenvalue weighted by molar-refractivity contribution is 7.89. The SMILES string of the molecule is CCCCNc1ccc(S(N)(=O)=O)cc1N. The van der Waals surface area contributed by atoms with Crippen LogP contribution in [-0.2, 0) is 10.0 Å². The zero-order valence-electron chi connectivity index (χ0n) is 9.23. The summed E-state index contributed by atoms with van der Waals surface area (Å²) in [6.07, 6.45) is 2.12. The Balaban J connectivity index is 2.84. The maximum absolute atomic E-state index is 11.1. The van der Waals surface area contributed by atoms with Crippen molar-refractivity contribution in [3.05, 3.63) is 18.2 Å². The molecular formula is C10H17N3O2S. The van der Waals surface area contributed by atoms with Gasteiger partial charge in [-0.05, 0) is 24.6 Å². The third kappa shape index (κ3) is 3.39. The van der Waals surface area contributed by atoms with E-state index in [4.69, 9.17) is 10.9 Å². The van der Waals surface area contributed by atoms with Crippen LogP contribution in [0.2, 0.25) is 0 Å². The smallest absolute Gasteiger partial charge is 0.238 e. The fraction of sp³-hybridized carbons (Fsp3) is 0.400. The molecule has 1 rings (SSSR count). The summed E-state index contributed by atoms with van der Waals surface area (Å²) in [6, 6.07) is 4.44. The van der Waals surface area contributed by atoms with E-state index in [2.05, 4.69) is 12.2 Å². The summed E-state index contributed by atoms with van der Waals surface area (Å²) >= 11 is 0. The summed E-state index contributed by atoms with van der Waals surface area (Å²) in [5, 5.41) is 8.13. The number of hydrogen-bond acceptors (Lipinski definition) is 4. The molecule has 0 heterocycles. The number of nitrogen functional groups attached to an aromatic ring is 1. The zero-order chi connectivity index (χ0) is 12.2. The van der Waals surface area contributed by atoms with E-state index in [-0.39, 0.29) is 4.90 Å². The number of rotatable bonds is 5. The number of nitrogens with two attached hydrogens (primary N) is 2. The molecule has 0 aliphatic carbocycles. The Hall–Kier alpha value is -1.27. The number of primary sulfonamides is 1. The number of unbranched alkanes of at least 4 members (excludes halogenated alkanes) is 1. The maximum atomic E-state index is 11.1. The summed E-state index contributed by atoms with van der Waals surface area (Å²) in [6.45, 7) is 2.91. The van der Waals surface area contributed by atoms with Gasteiger partial charge in [0, 0.05) is 6.54 Å². The standard InChI is InChI=1S/C10H17N3O2S/c1-2-3-6-13-10-5-4-8(7-9(10)11)16(12,14)15/h4-5,7,13H,2-3,6,11H2,1H3,(H2,12,14,15). The van der Waals surface area contributed by atoms with Gasteiger partial charge < -0.3 is 11.1 Å². The molecule has 0 unspecified atom stereocenters. The molecule has 0 bridgehead atoms. The Morgan fingerprint density at radius 3 is 2.56 bits per heavy atom. The van der Waals surface area contributed by atoms with Crippen LogP contribution >= 0.6 is 0 Å². The van der Waals surface area contributed by atoms with Crippen molar-refractivity contribution in [3.8, 4) is 0 Å². The van der Waals surface area contributed by atoms with Crippen LogP contribution in [0.1, 0.15) is 19.8 Å². The van der Waals surface area contributed by atoms with E-state index in [1.54, 1.807) is 6.07 Å². The van der Waals surface area contributed by atoms with E-state index >= 15 is 0 Å². The van der Waals surface area contributed by atoms with Gasteiger partial charge in [0.2, 0.25) is 10.0 Å². The summed E-state index contributed by atoms with van der Waals surface area (Å²) < 4.78 is 22.1. The minimum atomic E-state index is -3.68. The van der Waals surface area contributed by atoms with Crippen molar-refractivity contribution in [2.75, 3.05) is 17.6 Å². The molecule has 0 saturated heterocycles. The minimum Gasteiger partial charge on any atom is -0.397 e. The summed E-state index contributed by atoms with van der Waals surface area (Å²) in [7, 11) is -3.68. The molecule has 90 valence electrons. The molecule has 1 aromatic carbocycles. The van der Waals surface area contributed by atoms with Crippen LogP contribution in [0.25, 0.3) is 0 Å². The number of anilines is 2. The van der Waals surface area contributed by atoms with Crippen LogP contribution in [0, 0.1) is 0 Å². The second-order valence-corrected chi connectivity index (χ2v) is 5.14. The lowest BCUT2D eigenvalue weighted by atomic mass is 10.2. The molecule has 0 aliphatic heterocycles. The van der Waals surface area contributed by atoms with E-state index < -0.39 is 10.0 Å². The van der Waals surface area contributed by atoms with Crippen molar-refractivity contribution < 1.29 is 8.42 Å². The Labute approximate surface area is 95.9 Å². The lowest BCUT2D eigenvalue weighted by Crippen LogP contribution is -2.13. The lowest BCUT2D eigenvalue weighted by molar-refractivity contribution is 0.598. The van der Waals surface area contributed by atoms with E-state index in [0.29, 0.717) is 5.69 Å². The highest BCUT2D eigenvalue weighted by atomic mass is 32.2. The second kappa shape index (κ2) is 5.18. The van der Waals surface area contributed by atoms with Gasteiger partial charge in [-0.2, -0.15) is 0 Å². The number of sulfonamides is 1. The van der Waals surface area contributed by atoms with E-state index in [9.17, 15) is 8.42 Å². The fourth-order valence-corrected chi connectivity index (χ4v) is 1.83. The average molecular weight is 243 g/mol. The van der Waals surface area contributed by atoms with E-state index in [0.717, 1.165) is 25.1 Å². The van der Waals surface area contributed by atoms with Crippen LogP contribution in [0.5, 0.6) is 0 Å². The number of hydrogen-bond donors (Lipinski definition) is 3. The summed E-state index contributed by atoms with van der Waals surface area (Å²) in [4.78, 5) is 0.0334. The first kappa shape index (κ1) is 12.8. The first-order valence-corrected chi connectivity index (χ1v) is 6.66. The lowest BCUT2D eigenvalue weighted by Gasteiger charge is -2.09. The van der Waals surface area contributed by atoms with Gasteiger partial charge in [-0.1, -0.05) is 13.3 Å². The molecule has 0 spiro atoms. The topological polar surface area (TPSA) is 98.2 Å². The quantitative estimate of drug-likeness (QED) is 0.533. The molecule has 0 aromatic heterocycles. The average Bonchev–Trinajstić information content (AvgIpc) is 2.19. The first-order valence-electron chi connectivity index (χ1n) is 5.11. The molecule has 0 aliphatic rings. The maximum Gasteiger partial charge on any atom is 0.238 e. The van der Waals surface area contributed by atoms with Crippen LogP contribution in [-0.4, -0.2) is 15.0 Å². The molecule has 6 heteroatoms. The third-order valence-electron chi connectivity index (χ3n) is 2.20. The predicted octanol–water partition coefficient (Wildman–Crippen LogP) is 1.13. The molecule has 1 aromatic rings. The highest BCUT2D eigenvalue weighted by Crippen LogP contribution is 2.21. The van der Waals surface area contributed by atoms with Crippen LogP contribution in [0.3, 0.4) is 0 Å². The van der Waals surface area contributed by atoms with Crippen molar-refractivity contribution in [2.24, 2.45) is 5.14 Å². The molecule has 5 N–H and O–H groups in total. The molecule has 0 saturated carbocycles. The van der Waals surface area contributed by atoms with E-state index in [1.807, 2.05) is 0 Å². The van der Waals surface area contributed by atoms with Crippen LogP contribution in [0.15, 0.2) is 23.1 Å². The molecular weight excluding hydrogens is 226 g/mol. The predicted molar refractivity (Wildman–Crippen MR) is 65.6 cm³/mol. The normalized spacial score (nSPS) is 11.4. The second-order valence-electron chi connectivity index (χ2n) is 3.57. The minimum absolute atomic E-state index is 0.0334. The van der Waals surface area contributed by atoms with Gasteiger partial charge in [0.1, 0.15) is 0 Å². The van der Waals surface area contributed by atoms with Gasteiger partial charge in [0.15, 0.2) is 0 Å². The first-order chi connectivity index (χ1) is 7.45. The number of nitrogens with one attached hydrogen (secondary N) is 1. The molecule has 0 radical (unpaired) electrons. The molecule has 5 nitrogen and oxygen atoms in total. The third-order valence-corrected chi connectivity index (χ3v) is 3.11. The van der Waals surface area contributed by atoms with E-state index in [1.165, 1.54) is 12.1 Å². The molecule has 0 atom stereocenters. The van der Waals surface area contributed by atoms with Gasteiger partial charge in [-0.3, -0.25) is 0 Å². The van der Waals surface area contributed by atoms with Crippen LogP contribution < -0.4 is 16.2 Å². The molecule has 0 amide bonds.